The van der Waals surface area contributed by atoms with Crippen LogP contribution in [0.2, 0.25) is 0 Å². The van der Waals surface area contributed by atoms with Gasteiger partial charge in [0, 0.05) is 40.6 Å². The van der Waals surface area contributed by atoms with E-state index in [1.54, 1.807) is 12.3 Å². The molecule has 0 spiro atoms. The molecule has 1 amide bonds. The number of nitrogens with zero attached hydrogens (tertiary/aromatic N) is 1. The lowest BCUT2D eigenvalue weighted by Crippen LogP contribution is -2.06. The van der Waals surface area contributed by atoms with Crippen LogP contribution >= 0.6 is 0 Å². The van der Waals surface area contributed by atoms with Crippen molar-refractivity contribution in [3.8, 4) is 0 Å². The van der Waals surface area contributed by atoms with Gasteiger partial charge in [-0.25, -0.2) is 4.79 Å². The number of rotatable bonds is 3. The number of carbonyl (C=O) groups is 1. The van der Waals surface area contributed by atoms with Crippen molar-refractivity contribution in [1.82, 2.24) is 9.97 Å². The van der Waals surface area contributed by atoms with Crippen molar-refractivity contribution in [3.05, 3.63) is 72.2 Å². The highest BCUT2D eigenvalue weighted by Gasteiger charge is 2.05. The maximum Gasteiger partial charge on any atom is 0.409 e. The number of aromatic amines is 1. The Morgan fingerprint density at radius 2 is 1.96 bits per heavy atom. The summed E-state index contributed by atoms with van der Waals surface area (Å²) < 4.78 is 0. The number of aromatic nitrogens is 2. The third kappa shape index (κ3) is 2.95. The van der Waals surface area contributed by atoms with Crippen LogP contribution in [0.3, 0.4) is 0 Å². The highest BCUT2D eigenvalue weighted by Crippen LogP contribution is 2.25. The van der Waals surface area contributed by atoms with Crippen molar-refractivity contribution >= 4 is 45.6 Å². The Balaban J connectivity index is 1.74. The van der Waals surface area contributed by atoms with Gasteiger partial charge in [-0.05, 0) is 40.8 Å². The largest absolute Gasteiger partial charge is 0.465 e. The fourth-order valence-corrected chi connectivity index (χ4v) is 2.95. The smallest absolute Gasteiger partial charge is 0.409 e. The summed E-state index contributed by atoms with van der Waals surface area (Å²) in [5, 5.41) is 14.5. The predicted molar refractivity (Wildman–Crippen MR) is 101 cm³/mol. The minimum Gasteiger partial charge on any atom is -0.465 e. The van der Waals surface area contributed by atoms with Gasteiger partial charge in [-0.2, -0.15) is 0 Å². The highest BCUT2D eigenvalue weighted by atomic mass is 16.4. The molecule has 0 saturated heterocycles. The molecule has 4 aromatic rings. The van der Waals surface area contributed by atoms with E-state index in [1.165, 1.54) is 0 Å². The first-order valence-corrected chi connectivity index (χ1v) is 7.82. The van der Waals surface area contributed by atoms with E-state index in [4.69, 9.17) is 5.11 Å². The van der Waals surface area contributed by atoms with Gasteiger partial charge in [-0.1, -0.05) is 30.4 Å². The van der Waals surface area contributed by atoms with Crippen molar-refractivity contribution in [2.45, 2.75) is 0 Å². The normalized spacial score (nSPS) is 11.4. The molecule has 0 saturated carbocycles. The molecule has 2 aromatic carbocycles. The minimum absolute atomic E-state index is 0.547. The first-order chi connectivity index (χ1) is 12.2. The molecular weight excluding hydrogens is 314 g/mol. The zero-order valence-electron chi connectivity index (χ0n) is 13.2. The van der Waals surface area contributed by atoms with Gasteiger partial charge in [-0.3, -0.25) is 10.3 Å². The topological polar surface area (TPSA) is 78.0 Å². The zero-order valence-corrected chi connectivity index (χ0v) is 13.2. The average molecular weight is 329 g/mol. The Bertz CT molecular complexity index is 1110. The second-order valence-corrected chi connectivity index (χ2v) is 5.71. The van der Waals surface area contributed by atoms with E-state index >= 15 is 0 Å². The van der Waals surface area contributed by atoms with Gasteiger partial charge in [0.15, 0.2) is 0 Å². The predicted octanol–water partition coefficient (Wildman–Crippen LogP) is 4.98. The highest BCUT2D eigenvalue weighted by molar-refractivity contribution is 5.98. The quantitative estimate of drug-likeness (QED) is 0.496. The summed E-state index contributed by atoms with van der Waals surface area (Å²) in [6.45, 7) is 0. The third-order valence-corrected chi connectivity index (χ3v) is 4.12. The van der Waals surface area contributed by atoms with Crippen LogP contribution in [-0.2, 0) is 0 Å². The average Bonchev–Trinajstić information content (AvgIpc) is 3.02. The fourth-order valence-electron chi connectivity index (χ4n) is 2.95. The van der Waals surface area contributed by atoms with Gasteiger partial charge in [0.1, 0.15) is 0 Å². The Kier molecular flexibility index (Phi) is 3.67. The van der Waals surface area contributed by atoms with Crippen LogP contribution in [0.4, 0.5) is 10.5 Å². The van der Waals surface area contributed by atoms with E-state index in [1.807, 2.05) is 48.8 Å². The van der Waals surface area contributed by atoms with Crippen molar-refractivity contribution in [2.24, 2.45) is 0 Å². The number of carboxylic acid groups (broad SMARTS) is 1. The van der Waals surface area contributed by atoms with E-state index in [0.717, 1.165) is 32.8 Å². The molecule has 5 nitrogen and oxygen atoms in total. The summed E-state index contributed by atoms with van der Waals surface area (Å²) in [5.41, 5.74) is 3.60. The van der Waals surface area contributed by atoms with Gasteiger partial charge < -0.3 is 10.1 Å². The second-order valence-electron chi connectivity index (χ2n) is 5.71. The standard InChI is InChI=1S/C20H15N3O2/c24-20(25)23-16-6-7-19-18(10-16)15(12-22-19)5-4-13-2-1-3-14-11-21-9-8-17(13)14/h1-12,22-23H,(H,24,25)/b5-4+. The third-order valence-electron chi connectivity index (χ3n) is 4.12. The van der Waals surface area contributed by atoms with Gasteiger partial charge in [0.05, 0.1) is 0 Å². The SMILES string of the molecule is O=C(O)Nc1ccc2[nH]cc(/C=C/c3cccc4cnccc34)c2c1. The van der Waals surface area contributed by atoms with Crippen molar-refractivity contribution in [3.63, 3.8) is 0 Å². The summed E-state index contributed by atoms with van der Waals surface area (Å²) in [7, 11) is 0. The second kappa shape index (κ2) is 6.13. The number of nitrogens with one attached hydrogen (secondary N) is 2. The molecule has 4 rings (SSSR count). The molecule has 5 heteroatoms. The molecule has 122 valence electrons. The van der Waals surface area contributed by atoms with Gasteiger partial charge >= 0.3 is 6.09 Å². The Morgan fingerprint density at radius 1 is 1.08 bits per heavy atom. The maximum atomic E-state index is 10.8. The molecule has 0 fully saturated rings. The molecule has 0 unspecified atom stereocenters. The summed E-state index contributed by atoms with van der Waals surface area (Å²) in [5.74, 6) is 0. The van der Waals surface area contributed by atoms with Crippen molar-refractivity contribution in [2.75, 3.05) is 5.32 Å². The van der Waals surface area contributed by atoms with E-state index in [9.17, 15) is 4.79 Å². The molecule has 3 N–H and O–H groups in total. The van der Waals surface area contributed by atoms with Crippen LogP contribution in [0.15, 0.2) is 61.1 Å². The van der Waals surface area contributed by atoms with Crippen LogP contribution in [-0.4, -0.2) is 21.2 Å². The molecule has 0 aliphatic carbocycles. The van der Waals surface area contributed by atoms with Crippen LogP contribution in [0.25, 0.3) is 33.8 Å². The van der Waals surface area contributed by atoms with Crippen LogP contribution in [0.5, 0.6) is 0 Å². The first kappa shape index (κ1) is 15.0. The number of amides is 1. The fraction of sp³-hybridized carbons (Fsp3) is 0. The number of fused-ring (bicyclic) bond motifs is 2. The van der Waals surface area contributed by atoms with E-state index in [-0.39, 0.29) is 0 Å². The zero-order chi connectivity index (χ0) is 17.2. The van der Waals surface area contributed by atoms with E-state index in [2.05, 4.69) is 27.4 Å². The molecule has 0 bridgehead atoms. The summed E-state index contributed by atoms with van der Waals surface area (Å²) in [4.78, 5) is 18.2. The number of pyridine rings is 1. The Morgan fingerprint density at radius 3 is 2.84 bits per heavy atom. The maximum absolute atomic E-state index is 10.8. The number of hydrogen-bond acceptors (Lipinski definition) is 2. The number of hydrogen-bond donors (Lipinski definition) is 3. The number of benzene rings is 2. The van der Waals surface area contributed by atoms with Crippen molar-refractivity contribution in [1.29, 1.82) is 0 Å². The Labute approximate surface area is 143 Å². The van der Waals surface area contributed by atoms with Gasteiger partial charge in [0.2, 0.25) is 0 Å². The number of anilines is 1. The van der Waals surface area contributed by atoms with Gasteiger partial charge in [0.25, 0.3) is 0 Å². The molecule has 0 aliphatic heterocycles. The molecule has 2 aromatic heterocycles. The lowest BCUT2D eigenvalue weighted by atomic mass is 10.0. The molecular formula is C20H15N3O2. The van der Waals surface area contributed by atoms with Crippen molar-refractivity contribution < 1.29 is 9.90 Å². The van der Waals surface area contributed by atoms with Crippen LogP contribution in [0.1, 0.15) is 11.1 Å². The van der Waals surface area contributed by atoms with E-state index in [0.29, 0.717) is 5.69 Å². The molecule has 2 heterocycles. The minimum atomic E-state index is -1.07. The molecule has 25 heavy (non-hydrogen) atoms. The Hall–Kier alpha value is -3.60. The summed E-state index contributed by atoms with van der Waals surface area (Å²) in [6.07, 6.45) is 8.56. The lowest BCUT2D eigenvalue weighted by molar-refractivity contribution is 0.210. The summed E-state index contributed by atoms with van der Waals surface area (Å²) in [6, 6.07) is 13.5. The van der Waals surface area contributed by atoms with Crippen LogP contribution < -0.4 is 5.32 Å². The van der Waals surface area contributed by atoms with Gasteiger partial charge in [-0.15, -0.1) is 0 Å². The molecule has 0 atom stereocenters. The summed E-state index contributed by atoms with van der Waals surface area (Å²) >= 11 is 0. The van der Waals surface area contributed by atoms with Crippen LogP contribution in [0, 0.1) is 0 Å². The van der Waals surface area contributed by atoms with E-state index < -0.39 is 6.09 Å². The molecule has 0 aliphatic rings. The monoisotopic (exact) mass is 329 g/mol. The molecule has 0 radical (unpaired) electrons. The lowest BCUT2D eigenvalue weighted by Gasteiger charge is -2.02. The first-order valence-electron chi connectivity index (χ1n) is 7.82. The number of H-pyrrole nitrogens is 1.